The molecule has 7 heteroatoms. The monoisotopic (exact) mass is 370 g/mol. The van der Waals surface area contributed by atoms with E-state index < -0.39 is 5.91 Å². The molecule has 7 nitrogen and oxygen atoms in total. The smallest absolute Gasteiger partial charge is 0.237 e. The molecule has 1 aromatic heterocycles. The summed E-state index contributed by atoms with van der Waals surface area (Å²) in [6.45, 7) is 1.51. The lowest BCUT2D eigenvalue weighted by molar-refractivity contribution is -0.132. The Kier molecular flexibility index (Phi) is 6.11. The first-order valence-electron chi connectivity index (χ1n) is 9.27. The molecule has 0 radical (unpaired) electrons. The van der Waals surface area contributed by atoms with Crippen molar-refractivity contribution in [1.82, 2.24) is 14.5 Å². The Bertz CT molecular complexity index is 802. The average Bonchev–Trinajstić information content (AvgIpc) is 3.13. The second-order valence-electron chi connectivity index (χ2n) is 6.87. The van der Waals surface area contributed by atoms with Crippen LogP contribution in [0.4, 0.5) is 0 Å². The van der Waals surface area contributed by atoms with E-state index >= 15 is 0 Å². The van der Waals surface area contributed by atoms with Crippen LogP contribution in [0.5, 0.6) is 5.75 Å². The quantitative estimate of drug-likeness (QED) is 0.803. The molecule has 2 amide bonds. The van der Waals surface area contributed by atoms with E-state index in [-0.39, 0.29) is 18.4 Å². The minimum absolute atomic E-state index is 0.119. The summed E-state index contributed by atoms with van der Waals surface area (Å²) in [6, 6.07) is 7.78. The second-order valence-corrected chi connectivity index (χ2v) is 6.87. The fraction of sp³-hybridized carbons (Fsp3) is 0.450. The molecule has 144 valence electrons. The first kappa shape index (κ1) is 18.9. The van der Waals surface area contributed by atoms with Crippen LogP contribution in [0.2, 0.25) is 0 Å². The lowest BCUT2D eigenvalue weighted by Crippen LogP contribution is -2.40. The Balaban J connectivity index is 1.61. The number of nitrogens with zero attached hydrogens (tertiary/aromatic N) is 3. The van der Waals surface area contributed by atoms with Crippen LogP contribution in [0.15, 0.2) is 36.7 Å². The molecular formula is C20H26N4O3. The number of likely N-dealkylation sites (tertiary alicyclic amines) is 1. The van der Waals surface area contributed by atoms with Gasteiger partial charge in [-0.15, -0.1) is 0 Å². The Morgan fingerprint density at radius 3 is 2.93 bits per heavy atom. The van der Waals surface area contributed by atoms with Gasteiger partial charge in [-0.05, 0) is 30.9 Å². The first-order chi connectivity index (χ1) is 13.1. The topological polar surface area (TPSA) is 90.4 Å². The molecule has 0 spiro atoms. The van der Waals surface area contributed by atoms with Crippen molar-refractivity contribution < 1.29 is 14.3 Å². The largest absolute Gasteiger partial charge is 0.496 e. The van der Waals surface area contributed by atoms with Gasteiger partial charge in [0, 0.05) is 37.8 Å². The number of carbonyl (C=O) groups excluding carboxylic acids is 2. The van der Waals surface area contributed by atoms with E-state index in [1.54, 1.807) is 24.1 Å². The highest BCUT2D eigenvalue weighted by Gasteiger charge is 2.27. The zero-order valence-electron chi connectivity index (χ0n) is 15.6. The van der Waals surface area contributed by atoms with E-state index in [0.717, 1.165) is 36.5 Å². The van der Waals surface area contributed by atoms with Crippen molar-refractivity contribution >= 4 is 11.8 Å². The minimum atomic E-state index is -0.394. The number of ether oxygens (including phenoxy) is 1. The number of nitrogens with two attached hydrogens (primary N) is 1. The number of hydrogen-bond donors (Lipinski definition) is 1. The number of hydrogen-bond acceptors (Lipinski definition) is 4. The number of benzene rings is 1. The Labute approximate surface area is 159 Å². The summed E-state index contributed by atoms with van der Waals surface area (Å²) < 4.78 is 7.15. The highest BCUT2D eigenvalue weighted by molar-refractivity contribution is 5.76. The third-order valence-electron chi connectivity index (χ3n) is 5.01. The van der Waals surface area contributed by atoms with E-state index in [4.69, 9.17) is 10.5 Å². The van der Waals surface area contributed by atoms with Crippen LogP contribution in [-0.2, 0) is 22.6 Å². The number of para-hydroxylation sites is 1. The van der Waals surface area contributed by atoms with E-state index in [1.165, 1.54) is 0 Å². The SMILES string of the molecule is COc1ccccc1CCC(=O)N1CCCC(c2nccn2CC(N)=O)C1. The molecule has 2 N–H and O–H groups in total. The maximum absolute atomic E-state index is 12.7. The standard InChI is InChI=1S/C20H26N4O3/c1-27-17-7-3-2-5-15(17)8-9-19(26)23-11-4-6-16(13-23)20-22-10-12-24(20)14-18(21)25/h2-3,5,7,10,12,16H,4,6,8-9,11,13-14H2,1H3,(H2,21,25). The normalized spacial score (nSPS) is 16.9. The van der Waals surface area contributed by atoms with Gasteiger partial charge in [-0.25, -0.2) is 4.98 Å². The molecule has 1 aromatic carbocycles. The lowest BCUT2D eigenvalue weighted by Gasteiger charge is -2.32. The summed E-state index contributed by atoms with van der Waals surface area (Å²) in [5.41, 5.74) is 6.35. The highest BCUT2D eigenvalue weighted by atomic mass is 16.5. The van der Waals surface area contributed by atoms with Gasteiger partial charge in [-0.3, -0.25) is 9.59 Å². The second kappa shape index (κ2) is 8.70. The zero-order valence-corrected chi connectivity index (χ0v) is 15.6. The number of amides is 2. The highest BCUT2D eigenvalue weighted by Crippen LogP contribution is 2.27. The van der Waals surface area contributed by atoms with Gasteiger partial charge in [0.2, 0.25) is 11.8 Å². The van der Waals surface area contributed by atoms with Crippen LogP contribution in [0.1, 0.15) is 36.6 Å². The molecule has 0 bridgehead atoms. The van der Waals surface area contributed by atoms with E-state index in [9.17, 15) is 9.59 Å². The fourth-order valence-electron chi connectivity index (χ4n) is 3.71. The number of primary amides is 1. The molecule has 3 rings (SSSR count). The van der Waals surface area contributed by atoms with E-state index in [2.05, 4.69) is 4.98 Å². The van der Waals surface area contributed by atoms with Crippen molar-refractivity contribution in [3.63, 3.8) is 0 Å². The summed E-state index contributed by atoms with van der Waals surface area (Å²) in [5, 5.41) is 0. The number of imidazole rings is 1. The lowest BCUT2D eigenvalue weighted by atomic mass is 9.96. The van der Waals surface area contributed by atoms with Gasteiger partial charge >= 0.3 is 0 Å². The molecule has 2 heterocycles. The molecule has 1 aliphatic rings. The zero-order chi connectivity index (χ0) is 19.2. The fourth-order valence-corrected chi connectivity index (χ4v) is 3.71. The molecule has 0 aliphatic carbocycles. The summed E-state index contributed by atoms with van der Waals surface area (Å²) >= 11 is 0. The molecule has 1 fully saturated rings. The van der Waals surface area contributed by atoms with Crippen LogP contribution in [-0.4, -0.2) is 46.5 Å². The number of carbonyl (C=O) groups is 2. The van der Waals surface area contributed by atoms with Crippen LogP contribution in [0.25, 0.3) is 0 Å². The molecule has 1 saturated heterocycles. The number of piperidine rings is 1. The molecule has 27 heavy (non-hydrogen) atoms. The Hall–Kier alpha value is -2.83. The predicted octanol–water partition coefficient (Wildman–Crippen LogP) is 1.72. The minimum Gasteiger partial charge on any atom is -0.496 e. The van der Waals surface area contributed by atoms with Crippen LogP contribution >= 0.6 is 0 Å². The summed E-state index contributed by atoms with van der Waals surface area (Å²) in [4.78, 5) is 30.3. The van der Waals surface area contributed by atoms with Gasteiger partial charge in [0.05, 0.1) is 7.11 Å². The van der Waals surface area contributed by atoms with Crippen molar-refractivity contribution in [3.05, 3.63) is 48.0 Å². The summed E-state index contributed by atoms with van der Waals surface area (Å²) in [5.74, 6) is 1.52. The van der Waals surface area contributed by atoms with Gasteiger partial charge < -0.3 is 19.9 Å². The maximum atomic E-state index is 12.7. The number of aromatic nitrogens is 2. The average molecular weight is 370 g/mol. The van der Waals surface area contributed by atoms with Gasteiger partial charge in [0.1, 0.15) is 18.1 Å². The molecule has 2 aromatic rings. The van der Waals surface area contributed by atoms with Crippen molar-refractivity contribution in [2.75, 3.05) is 20.2 Å². The van der Waals surface area contributed by atoms with Crippen molar-refractivity contribution in [2.45, 2.75) is 38.1 Å². The van der Waals surface area contributed by atoms with Gasteiger partial charge in [0.25, 0.3) is 0 Å². The molecule has 0 saturated carbocycles. The van der Waals surface area contributed by atoms with Gasteiger partial charge in [-0.2, -0.15) is 0 Å². The van der Waals surface area contributed by atoms with Crippen molar-refractivity contribution in [2.24, 2.45) is 5.73 Å². The third kappa shape index (κ3) is 4.67. The Morgan fingerprint density at radius 2 is 2.15 bits per heavy atom. The summed E-state index contributed by atoms with van der Waals surface area (Å²) in [6.07, 6.45) is 6.42. The Morgan fingerprint density at radius 1 is 1.33 bits per heavy atom. The van der Waals surface area contributed by atoms with Crippen LogP contribution in [0, 0.1) is 0 Å². The number of aryl methyl sites for hydroxylation is 1. The van der Waals surface area contributed by atoms with Gasteiger partial charge in [0.15, 0.2) is 0 Å². The molecule has 1 aliphatic heterocycles. The van der Waals surface area contributed by atoms with Gasteiger partial charge in [-0.1, -0.05) is 18.2 Å². The van der Waals surface area contributed by atoms with Crippen LogP contribution < -0.4 is 10.5 Å². The molecule has 1 unspecified atom stereocenters. The number of rotatable bonds is 7. The predicted molar refractivity (Wildman–Crippen MR) is 101 cm³/mol. The van der Waals surface area contributed by atoms with Crippen LogP contribution in [0.3, 0.4) is 0 Å². The van der Waals surface area contributed by atoms with Crippen molar-refractivity contribution in [1.29, 1.82) is 0 Å². The van der Waals surface area contributed by atoms with E-state index in [1.807, 2.05) is 29.2 Å². The molecule has 1 atom stereocenters. The van der Waals surface area contributed by atoms with E-state index in [0.29, 0.717) is 19.4 Å². The van der Waals surface area contributed by atoms with Crippen molar-refractivity contribution in [3.8, 4) is 5.75 Å². The third-order valence-corrected chi connectivity index (χ3v) is 5.01. The maximum Gasteiger partial charge on any atom is 0.237 e. The molecular weight excluding hydrogens is 344 g/mol. The first-order valence-corrected chi connectivity index (χ1v) is 9.27. The number of methoxy groups -OCH3 is 1. The summed E-state index contributed by atoms with van der Waals surface area (Å²) in [7, 11) is 1.64.